The molecule has 0 spiro atoms. The van der Waals surface area contributed by atoms with Gasteiger partial charge in [-0.25, -0.2) is 5.43 Å². The third-order valence-electron chi connectivity index (χ3n) is 2.51. The second kappa shape index (κ2) is 7.10. The van der Waals surface area contributed by atoms with Gasteiger partial charge in [-0.2, -0.15) is 5.10 Å². The minimum Gasteiger partial charge on any atom is -0.267 e. The summed E-state index contributed by atoms with van der Waals surface area (Å²) < 4.78 is 0.664. The van der Waals surface area contributed by atoms with Crippen LogP contribution in [-0.4, -0.2) is 22.0 Å². The third-order valence-corrected chi connectivity index (χ3v) is 3.27. The van der Waals surface area contributed by atoms with Crippen molar-refractivity contribution in [2.45, 2.75) is 0 Å². The van der Waals surface area contributed by atoms with Crippen LogP contribution in [0, 0.1) is 10.1 Å². The van der Waals surface area contributed by atoms with Crippen molar-refractivity contribution < 1.29 is 9.72 Å². The molecule has 1 aromatic heterocycles. The lowest BCUT2D eigenvalue weighted by atomic mass is 10.2. The van der Waals surface area contributed by atoms with E-state index >= 15 is 0 Å². The number of halogens is 2. The van der Waals surface area contributed by atoms with Gasteiger partial charge in [-0.3, -0.25) is 19.9 Å². The lowest BCUT2D eigenvalue weighted by Crippen LogP contribution is -2.17. The number of nitro groups is 1. The molecule has 0 bridgehead atoms. The number of nitrogens with zero attached hydrogens (tertiary/aromatic N) is 3. The average molecular weight is 384 g/mol. The van der Waals surface area contributed by atoms with Crippen molar-refractivity contribution in [1.82, 2.24) is 10.4 Å². The van der Waals surface area contributed by atoms with Crippen molar-refractivity contribution >= 4 is 45.3 Å². The van der Waals surface area contributed by atoms with Crippen molar-refractivity contribution in [3.63, 3.8) is 0 Å². The number of nitro benzene ring substituents is 1. The highest BCUT2D eigenvalue weighted by molar-refractivity contribution is 9.10. The molecule has 7 nitrogen and oxygen atoms in total. The van der Waals surface area contributed by atoms with Crippen molar-refractivity contribution in [2.24, 2.45) is 5.10 Å². The average Bonchev–Trinajstić information content (AvgIpc) is 2.48. The molecule has 112 valence electrons. The normalized spacial score (nSPS) is 10.6. The molecule has 0 fully saturated rings. The number of amides is 1. The number of benzene rings is 1. The molecule has 0 aliphatic heterocycles. The first kappa shape index (κ1) is 16.1. The highest BCUT2D eigenvalue weighted by atomic mass is 79.9. The maximum absolute atomic E-state index is 11.8. The first-order valence-electron chi connectivity index (χ1n) is 5.85. The summed E-state index contributed by atoms with van der Waals surface area (Å²) in [5.74, 6) is -0.450. The Morgan fingerprint density at radius 1 is 1.41 bits per heavy atom. The van der Waals surface area contributed by atoms with Gasteiger partial charge in [0.2, 0.25) is 0 Å². The topological polar surface area (TPSA) is 97.5 Å². The van der Waals surface area contributed by atoms with Gasteiger partial charge in [0, 0.05) is 28.5 Å². The lowest BCUT2D eigenvalue weighted by molar-refractivity contribution is -0.384. The fraction of sp³-hybridized carbons (Fsp3) is 0. The summed E-state index contributed by atoms with van der Waals surface area (Å²) in [7, 11) is 0. The van der Waals surface area contributed by atoms with Gasteiger partial charge in [-0.15, -0.1) is 0 Å². The summed E-state index contributed by atoms with van der Waals surface area (Å²) >= 11 is 8.91. The zero-order valence-corrected chi connectivity index (χ0v) is 13.2. The SMILES string of the molecule is O=C(N/N=C/c1ccc(Cl)c([N+](=O)[O-])c1)c1cncc(Br)c1. The Kier molecular flexibility index (Phi) is 5.18. The summed E-state index contributed by atoms with van der Waals surface area (Å²) in [6.07, 6.45) is 4.22. The molecular weight excluding hydrogens is 376 g/mol. The van der Waals surface area contributed by atoms with E-state index in [9.17, 15) is 14.9 Å². The summed E-state index contributed by atoms with van der Waals surface area (Å²) in [6, 6.07) is 5.79. The maximum Gasteiger partial charge on any atom is 0.288 e. The van der Waals surface area contributed by atoms with E-state index in [4.69, 9.17) is 11.6 Å². The molecule has 2 rings (SSSR count). The van der Waals surface area contributed by atoms with Crippen LogP contribution in [0.15, 0.2) is 46.2 Å². The van der Waals surface area contributed by atoms with Crippen molar-refractivity contribution in [3.8, 4) is 0 Å². The van der Waals surface area contributed by atoms with E-state index in [0.717, 1.165) is 0 Å². The van der Waals surface area contributed by atoms with Crippen molar-refractivity contribution in [3.05, 3.63) is 67.4 Å². The molecule has 1 aromatic carbocycles. The molecule has 9 heteroatoms. The largest absolute Gasteiger partial charge is 0.288 e. The van der Waals surface area contributed by atoms with Gasteiger partial charge in [0.15, 0.2) is 0 Å². The molecule has 2 aromatic rings. The number of aromatic nitrogens is 1. The smallest absolute Gasteiger partial charge is 0.267 e. The molecule has 0 radical (unpaired) electrons. The number of carbonyl (C=O) groups excluding carboxylic acids is 1. The number of hydrogen-bond acceptors (Lipinski definition) is 5. The highest BCUT2D eigenvalue weighted by Gasteiger charge is 2.12. The lowest BCUT2D eigenvalue weighted by Gasteiger charge is -2.00. The number of nitrogens with one attached hydrogen (secondary N) is 1. The molecule has 0 aliphatic rings. The molecule has 0 atom stereocenters. The van der Waals surface area contributed by atoms with Gasteiger partial charge >= 0.3 is 0 Å². The fourth-order valence-electron chi connectivity index (χ4n) is 1.52. The van der Waals surface area contributed by atoms with Crippen LogP contribution in [0.1, 0.15) is 15.9 Å². The minimum atomic E-state index is -0.592. The Balaban J connectivity index is 2.08. The molecule has 22 heavy (non-hydrogen) atoms. The van der Waals surface area contributed by atoms with E-state index in [1.807, 2.05) is 0 Å². The molecular formula is C13H8BrClN4O3. The van der Waals surface area contributed by atoms with Gasteiger partial charge in [-0.1, -0.05) is 17.7 Å². The predicted molar refractivity (Wildman–Crippen MR) is 85.1 cm³/mol. The number of hydrazone groups is 1. The highest BCUT2D eigenvalue weighted by Crippen LogP contribution is 2.24. The van der Waals surface area contributed by atoms with Gasteiger partial charge in [-0.05, 0) is 28.1 Å². The van der Waals surface area contributed by atoms with E-state index in [-0.39, 0.29) is 10.7 Å². The fourth-order valence-corrected chi connectivity index (χ4v) is 2.07. The van der Waals surface area contributed by atoms with Crippen LogP contribution in [0.4, 0.5) is 5.69 Å². The van der Waals surface area contributed by atoms with E-state index in [2.05, 4.69) is 31.4 Å². The van der Waals surface area contributed by atoms with Gasteiger partial charge < -0.3 is 0 Å². The van der Waals surface area contributed by atoms with Gasteiger partial charge in [0.1, 0.15) is 5.02 Å². The van der Waals surface area contributed by atoms with Crippen LogP contribution in [0.3, 0.4) is 0 Å². The maximum atomic E-state index is 11.8. The van der Waals surface area contributed by atoms with Gasteiger partial charge in [0.25, 0.3) is 11.6 Å². The predicted octanol–water partition coefficient (Wildman–Crippen LogP) is 3.17. The summed E-state index contributed by atoms with van der Waals surface area (Å²) in [5, 5.41) is 14.5. The van der Waals surface area contributed by atoms with E-state index in [0.29, 0.717) is 15.6 Å². The number of hydrogen-bond donors (Lipinski definition) is 1. The molecule has 1 amide bonds. The summed E-state index contributed by atoms with van der Waals surface area (Å²) in [4.78, 5) is 25.8. The Labute approximate surface area is 138 Å². The van der Waals surface area contributed by atoms with Crippen LogP contribution < -0.4 is 5.43 Å². The first-order valence-corrected chi connectivity index (χ1v) is 7.02. The summed E-state index contributed by atoms with van der Waals surface area (Å²) in [6.45, 7) is 0. The zero-order valence-electron chi connectivity index (χ0n) is 10.9. The zero-order chi connectivity index (χ0) is 16.1. The molecule has 1 heterocycles. The quantitative estimate of drug-likeness (QED) is 0.498. The van der Waals surface area contributed by atoms with E-state index in [1.54, 1.807) is 18.3 Å². The van der Waals surface area contributed by atoms with Crippen LogP contribution in [0.5, 0.6) is 0 Å². The second-order valence-electron chi connectivity index (χ2n) is 4.06. The van der Waals surface area contributed by atoms with Crippen LogP contribution in [-0.2, 0) is 0 Å². The Morgan fingerprint density at radius 2 is 2.18 bits per heavy atom. The Morgan fingerprint density at radius 3 is 2.86 bits per heavy atom. The monoisotopic (exact) mass is 382 g/mol. The van der Waals surface area contributed by atoms with Crippen molar-refractivity contribution in [2.75, 3.05) is 0 Å². The second-order valence-corrected chi connectivity index (χ2v) is 5.38. The molecule has 1 N–H and O–H groups in total. The van der Waals surface area contributed by atoms with Crippen molar-refractivity contribution in [1.29, 1.82) is 0 Å². The van der Waals surface area contributed by atoms with Crippen LogP contribution >= 0.6 is 27.5 Å². The van der Waals surface area contributed by atoms with Crippen LogP contribution in [0.2, 0.25) is 5.02 Å². The molecule has 0 saturated heterocycles. The number of rotatable bonds is 4. The molecule has 0 aliphatic carbocycles. The third kappa shape index (κ3) is 4.09. The first-order chi connectivity index (χ1) is 10.5. The minimum absolute atomic E-state index is 0.0337. The number of carbonyl (C=O) groups is 1. The molecule has 0 unspecified atom stereocenters. The Hall–Kier alpha value is -2.32. The van der Waals surface area contributed by atoms with Crippen LogP contribution in [0.25, 0.3) is 0 Å². The standard InChI is InChI=1S/C13H8BrClN4O3/c14-10-4-9(6-16-7-10)13(20)18-17-5-8-1-2-11(15)12(3-8)19(21)22/h1-7H,(H,18,20)/b17-5+. The van der Waals surface area contributed by atoms with Gasteiger partial charge in [0.05, 0.1) is 16.7 Å². The van der Waals surface area contributed by atoms with E-state index < -0.39 is 10.8 Å². The molecule has 0 saturated carbocycles. The summed E-state index contributed by atoms with van der Waals surface area (Å²) in [5.41, 5.74) is 2.84. The van der Waals surface area contributed by atoms with E-state index in [1.165, 1.54) is 24.5 Å². The Bertz CT molecular complexity index is 767. The number of pyridine rings is 1.